The summed E-state index contributed by atoms with van der Waals surface area (Å²) in [5.41, 5.74) is 0.387. The zero-order valence-electron chi connectivity index (χ0n) is 14.9. The van der Waals surface area contributed by atoms with E-state index in [4.69, 9.17) is 16.3 Å². The molecule has 0 aromatic heterocycles. The number of ether oxygens (including phenoxy) is 1. The van der Waals surface area contributed by atoms with Gasteiger partial charge in [0, 0.05) is 31.2 Å². The second kappa shape index (κ2) is 8.06. The molecular formula is C18H25ClN2O4. The largest absolute Gasteiger partial charge is 0.480 e. The van der Waals surface area contributed by atoms with E-state index in [0.29, 0.717) is 37.6 Å². The molecule has 1 amide bonds. The second-order valence-electron chi connectivity index (χ2n) is 7.19. The van der Waals surface area contributed by atoms with Gasteiger partial charge in [0.2, 0.25) is 0 Å². The Hall–Kier alpha value is -1.79. The highest BCUT2D eigenvalue weighted by Crippen LogP contribution is 2.17. The van der Waals surface area contributed by atoms with Crippen molar-refractivity contribution in [3.05, 3.63) is 34.9 Å². The van der Waals surface area contributed by atoms with E-state index in [1.54, 1.807) is 17.0 Å². The van der Waals surface area contributed by atoms with E-state index in [1.807, 2.05) is 37.8 Å². The van der Waals surface area contributed by atoms with Crippen molar-refractivity contribution in [3.63, 3.8) is 0 Å². The molecule has 0 aliphatic carbocycles. The average Bonchev–Trinajstić information content (AvgIpc) is 2.52. The lowest BCUT2D eigenvalue weighted by atomic mass is 10.0. The van der Waals surface area contributed by atoms with Crippen LogP contribution in [0.4, 0.5) is 4.79 Å². The van der Waals surface area contributed by atoms with Gasteiger partial charge < -0.3 is 14.7 Å². The van der Waals surface area contributed by atoms with Crippen molar-refractivity contribution in [3.8, 4) is 0 Å². The van der Waals surface area contributed by atoms with Gasteiger partial charge in [-0.05, 0) is 44.9 Å². The number of rotatable bonds is 4. The fraction of sp³-hybridized carbons (Fsp3) is 0.556. The summed E-state index contributed by atoms with van der Waals surface area (Å²) in [5, 5.41) is 10.2. The Kier molecular flexibility index (Phi) is 6.30. The molecule has 0 radical (unpaired) electrons. The summed E-state index contributed by atoms with van der Waals surface area (Å²) in [5.74, 6) is -0.860. The molecule has 1 aromatic rings. The Balaban J connectivity index is 1.95. The first-order chi connectivity index (χ1) is 11.7. The van der Waals surface area contributed by atoms with Crippen LogP contribution >= 0.6 is 11.6 Å². The monoisotopic (exact) mass is 368 g/mol. The van der Waals surface area contributed by atoms with Crippen LogP contribution in [-0.4, -0.2) is 64.8 Å². The van der Waals surface area contributed by atoms with Crippen LogP contribution in [0.1, 0.15) is 26.3 Å². The second-order valence-corrected chi connectivity index (χ2v) is 7.62. The van der Waals surface area contributed by atoms with Crippen LogP contribution in [-0.2, 0) is 16.0 Å². The smallest absolute Gasteiger partial charge is 0.410 e. The molecule has 6 nitrogen and oxygen atoms in total. The van der Waals surface area contributed by atoms with Crippen LogP contribution in [0, 0.1) is 0 Å². The zero-order chi connectivity index (χ0) is 18.6. The summed E-state index contributed by atoms with van der Waals surface area (Å²) >= 11 is 5.87. The number of benzene rings is 1. The Morgan fingerprint density at radius 2 is 1.72 bits per heavy atom. The highest BCUT2D eigenvalue weighted by molar-refractivity contribution is 6.30. The summed E-state index contributed by atoms with van der Waals surface area (Å²) in [7, 11) is 0. The molecule has 1 aromatic carbocycles. The predicted molar refractivity (Wildman–Crippen MR) is 96.0 cm³/mol. The molecule has 1 aliphatic rings. The van der Waals surface area contributed by atoms with Crippen molar-refractivity contribution in [1.29, 1.82) is 0 Å². The minimum Gasteiger partial charge on any atom is -0.480 e. The van der Waals surface area contributed by atoms with Crippen LogP contribution < -0.4 is 0 Å². The molecule has 25 heavy (non-hydrogen) atoms. The van der Waals surface area contributed by atoms with Gasteiger partial charge in [0.05, 0.1) is 0 Å². The van der Waals surface area contributed by atoms with Crippen molar-refractivity contribution < 1.29 is 19.4 Å². The van der Waals surface area contributed by atoms with Gasteiger partial charge in [-0.3, -0.25) is 9.69 Å². The Morgan fingerprint density at radius 1 is 1.16 bits per heavy atom. The number of carboxylic acids is 1. The number of piperazine rings is 1. The first-order valence-electron chi connectivity index (χ1n) is 8.35. The molecule has 2 rings (SSSR count). The number of carbonyl (C=O) groups is 2. The van der Waals surface area contributed by atoms with Gasteiger partial charge in [-0.2, -0.15) is 0 Å². The maximum atomic E-state index is 12.1. The van der Waals surface area contributed by atoms with Crippen LogP contribution in [0.15, 0.2) is 24.3 Å². The molecular weight excluding hydrogens is 344 g/mol. The van der Waals surface area contributed by atoms with Crippen molar-refractivity contribution in [2.24, 2.45) is 0 Å². The topological polar surface area (TPSA) is 70.1 Å². The maximum absolute atomic E-state index is 12.1. The van der Waals surface area contributed by atoms with Crippen LogP contribution in [0.25, 0.3) is 0 Å². The van der Waals surface area contributed by atoms with E-state index in [-0.39, 0.29) is 6.09 Å². The molecule has 1 N–H and O–H groups in total. The molecule has 1 fully saturated rings. The number of hydrogen-bond donors (Lipinski definition) is 1. The molecule has 7 heteroatoms. The van der Waals surface area contributed by atoms with Crippen LogP contribution in [0.2, 0.25) is 5.02 Å². The molecule has 0 unspecified atom stereocenters. The van der Waals surface area contributed by atoms with E-state index in [9.17, 15) is 14.7 Å². The van der Waals surface area contributed by atoms with Crippen LogP contribution in [0.3, 0.4) is 0 Å². The lowest BCUT2D eigenvalue weighted by molar-refractivity contribution is -0.143. The molecule has 0 saturated carbocycles. The van der Waals surface area contributed by atoms with E-state index in [1.165, 1.54) is 0 Å². The third-order valence-corrected chi connectivity index (χ3v) is 4.29. The van der Waals surface area contributed by atoms with Crippen molar-refractivity contribution >= 4 is 23.7 Å². The van der Waals surface area contributed by atoms with E-state index in [2.05, 4.69) is 0 Å². The summed E-state index contributed by atoms with van der Waals surface area (Å²) in [4.78, 5) is 27.3. The first-order valence-corrected chi connectivity index (χ1v) is 8.73. The molecule has 1 heterocycles. The summed E-state index contributed by atoms with van der Waals surface area (Å²) in [6.45, 7) is 7.40. The fourth-order valence-corrected chi connectivity index (χ4v) is 2.88. The highest BCUT2D eigenvalue weighted by Gasteiger charge is 2.31. The number of carbonyl (C=O) groups excluding carboxylic acids is 1. The van der Waals surface area contributed by atoms with Gasteiger partial charge in [0.1, 0.15) is 11.6 Å². The van der Waals surface area contributed by atoms with Gasteiger partial charge in [0.15, 0.2) is 0 Å². The normalized spacial score (nSPS) is 17.2. The number of hydrogen-bond acceptors (Lipinski definition) is 4. The lowest BCUT2D eigenvalue weighted by Crippen LogP contribution is -2.55. The number of amides is 1. The quantitative estimate of drug-likeness (QED) is 0.884. The molecule has 1 atom stereocenters. The highest BCUT2D eigenvalue weighted by atomic mass is 35.5. The minimum atomic E-state index is -0.860. The lowest BCUT2D eigenvalue weighted by Gasteiger charge is -2.38. The fourth-order valence-electron chi connectivity index (χ4n) is 2.76. The maximum Gasteiger partial charge on any atom is 0.410 e. The predicted octanol–water partition coefficient (Wildman–Crippen LogP) is 2.89. The third kappa shape index (κ3) is 5.90. The number of aliphatic carboxylic acids is 1. The van der Waals surface area contributed by atoms with E-state index < -0.39 is 17.6 Å². The van der Waals surface area contributed by atoms with Crippen LogP contribution in [0.5, 0.6) is 0 Å². The zero-order valence-corrected chi connectivity index (χ0v) is 15.6. The third-order valence-electron chi connectivity index (χ3n) is 4.03. The van der Waals surface area contributed by atoms with Crippen molar-refractivity contribution in [2.75, 3.05) is 26.2 Å². The Labute approximate surface area is 153 Å². The Morgan fingerprint density at radius 3 is 2.20 bits per heavy atom. The number of halogens is 1. The SMILES string of the molecule is CC(C)(C)OC(=O)N1CCN([C@@H](Cc2ccc(Cl)cc2)C(=O)O)CC1. The summed E-state index contributed by atoms with van der Waals surface area (Å²) in [6, 6.07) is 6.58. The molecule has 138 valence electrons. The van der Waals surface area contributed by atoms with E-state index in [0.717, 1.165) is 5.56 Å². The number of carboxylic acid groups (broad SMARTS) is 1. The van der Waals surface area contributed by atoms with Crippen molar-refractivity contribution in [2.45, 2.75) is 38.8 Å². The first kappa shape index (κ1) is 19.5. The summed E-state index contributed by atoms with van der Waals surface area (Å²) < 4.78 is 5.37. The Bertz CT molecular complexity index is 604. The standard InChI is InChI=1S/C18H25ClN2O4/c1-18(2,3)25-17(24)21-10-8-20(9-11-21)15(16(22)23)12-13-4-6-14(19)7-5-13/h4-7,15H,8-12H2,1-3H3,(H,22,23)/t15-/m0/s1. The average molecular weight is 369 g/mol. The van der Waals surface area contributed by atoms with Gasteiger partial charge in [-0.15, -0.1) is 0 Å². The summed E-state index contributed by atoms with van der Waals surface area (Å²) in [6.07, 6.45) is 0.0515. The van der Waals surface area contributed by atoms with Gasteiger partial charge >= 0.3 is 12.1 Å². The van der Waals surface area contributed by atoms with E-state index >= 15 is 0 Å². The minimum absolute atomic E-state index is 0.350. The van der Waals surface area contributed by atoms with Gasteiger partial charge in [-0.1, -0.05) is 23.7 Å². The van der Waals surface area contributed by atoms with Crippen molar-refractivity contribution in [1.82, 2.24) is 9.80 Å². The van der Waals surface area contributed by atoms with Gasteiger partial charge in [-0.25, -0.2) is 4.79 Å². The molecule has 0 bridgehead atoms. The number of nitrogens with zero attached hydrogens (tertiary/aromatic N) is 2. The molecule has 1 saturated heterocycles. The molecule has 0 spiro atoms. The van der Waals surface area contributed by atoms with Gasteiger partial charge in [0.25, 0.3) is 0 Å². The molecule has 1 aliphatic heterocycles.